The van der Waals surface area contributed by atoms with Crippen molar-refractivity contribution < 1.29 is 19.4 Å². The van der Waals surface area contributed by atoms with Gasteiger partial charge in [0.05, 0.1) is 4.47 Å². The van der Waals surface area contributed by atoms with E-state index in [-0.39, 0.29) is 13.0 Å². The zero-order chi connectivity index (χ0) is 20.8. The van der Waals surface area contributed by atoms with E-state index in [1.54, 1.807) is 6.20 Å². The van der Waals surface area contributed by atoms with E-state index in [4.69, 9.17) is 4.74 Å². The Morgan fingerprint density at radius 1 is 1.24 bits per heavy atom. The second-order valence-electron chi connectivity index (χ2n) is 6.83. The van der Waals surface area contributed by atoms with Crippen LogP contribution < -0.4 is 10.1 Å². The third-order valence-corrected chi connectivity index (χ3v) is 5.25. The minimum atomic E-state index is -1.09. The van der Waals surface area contributed by atoms with Crippen molar-refractivity contribution >= 4 is 38.7 Å². The number of ether oxygens (including phenoxy) is 1. The van der Waals surface area contributed by atoms with E-state index in [1.165, 1.54) is 5.56 Å². The number of para-hydroxylation sites is 1. The van der Waals surface area contributed by atoms with Crippen molar-refractivity contribution in [3.63, 3.8) is 0 Å². The first-order valence-corrected chi connectivity index (χ1v) is 10.3. The molecule has 1 heterocycles. The van der Waals surface area contributed by atoms with Crippen molar-refractivity contribution in [2.75, 3.05) is 6.61 Å². The molecule has 2 aromatic carbocycles. The number of carbonyl (C=O) groups excluding carboxylic acids is 1. The van der Waals surface area contributed by atoms with Crippen molar-refractivity contribution in [3.8, 4) is 5.75 Å². The van der Waals surface area contributed by atoms with Gasteiger partial charge < -0.3 is 20.1 Å². The van der Waals surface area contributed by atoms with Gasteiger partial charge in [0, 0.05) is 23.5 Å². The van der Waals surface area contributed by atoms with Gasteiger partial charge in [-0.15, -0.1) is 0 Å². The highest BCUT2D eigenvalue weighted by atomic mass is 79.9. The van der Waals surface area contributed by atoms with Gasteiger partial charge in [-0.2, -0.15) is 0 Å². The number of H-pyrrole nitrogens is 1. The van der Waals surface area contributed by atoms with Gasteiger partial charge in [-0.1, -0.05) is 37.6 Å². The maximum Gasteiger partial charge on any atom is 0.326 e. The van der Waals surface area contributed by atoms with Crippen molar-refractivity contribution in [2.45, 2.75) is 32.2 Å². The van der Waals surface area contributed by atoms with Gasteiger partial charge in [0.15, 0.2) is 6.61 Å². The minimum absolute atomic E-state index is 0.181. The monoisotopic (exact) mass is 458 g/mol. The van der Waals surface area contributed by atoms with Crippen LogP contribution in [-0.4, -0.2) is 34.6 Å². The number of carboxylic acid groups (broad SMARTS) is 1. The Balaban J connectivity index is 1.61. The first-order valence-electron chi connectivity index (χ1n) is 9.46. The minimum Gasteiger partial charge on any atom is -0.483 e. The molecule has 0 saturated carbocycles. The molecule has 1 aromatic heterocycles. The molecule has 152 valence electrons. The average Bonchev–Trinajstić information content (AvgIpc) is 3.10. The lowest BCUT2D eigenvalue weighted by atomic mass is 10.1. The summed E-state index contributed by atoms with van der Waals surface area (Å²) in [5.74, 6) is -1.03. The molecule has 1 amide bonds. The highest BCUT2D eigenvalue weighted by molar-refractivity contribution is 9.10. The Bertz CT molecular complexity index is 1010. The van der Waals surface area contributed by atoms with Crippen LogP contribution in [0.25, 0.3) is 10.9 Å². The summed E-state index contributed by atoms with van der Waals surface area (Å²) in [4.78, 5) is 27.0. The Kier molecular flexibility index (Phi) is 6.93. The molecular weight excluding hydrogens is 436 g/mol. The van der Waals surface area contributed by atoms with E-state index >= 15 is 0 Å². The summed E-state index contributed by atoms with van der Waals surface area (Å²) in [6, 6.07) is 12.3. The lowest BCUT2D eigenvalue weighted by Gasteiger charge is -2.15. The Morgan fingerprint density at radius 2 is 2.03 bits per heavy atom. The predicted octanol–water partition coefficient (Wildman–Crippen LogP) is 4.07. The standard InChI is InChI=1S/C22H23BrN2O4/c1-2-5-14-8-9-20(17(23)10-14)29-13-21(26)25-19(22(27)28)11-15-12-24-18-7-4-3-6-16(15)18/h3-4,6-10,12,19,24H,2,5,11,13H2,1H3,(H,25,26)(H,27,28). The molecule has 0 radical (unpaired) electrons. The van der Waals surface area contributed by atoms with Gasteiger partial charge >= 0.3 is 5.97 Å². The predicted molar refractivity (Wildman–Crippen MR) is 115 cm³/mol. The number of fused-ring (bicyclic) bond motifs is 1. The molecule has 3 N–H and O–H groups in total. The molecule has 3 rings (SSSR count). The van der Waals surface area contributed by atoms with Gasteiger partial charge in [-0.25, -0.2) is 4.79 Å². The van der Waals surface area contributed by atoms with Crippen molar-refractivity contribution in [1.29, 1.82) is 0 Å². The normalized spacial score (nSPS) is 11.9. The van der Waals surface area contributed by atoms with Crippen molar-refractivity contribution in [3.05, 3.63) is 64.3 Å². The van der Waals surface area contributed by atoms with E-state index < -0.39 is 17.9 Å². The summed E-state index contributed by atoms with van der Waals surface area (Å²) in [6.45, 7) is 1.85. The van der Waals surface area contributed by atoms with Gasteiger partial charge in [-0.3, -0.25) is 4.79 Å². The van der Waals surface area contributed by atoms with Crippen LogP contribution in [0.1, 0.15) is 24.5 Å². The molecule has 3 aromatic rings. The number of benzene rings is 2. The third-order valence-electron chi connectivity index (χ3n) is 4.63. The molecule has 0 aliphatic rings. The maximum atomic E-state index is 12.3. The first-order chi connectivity index (χ1) is 14.0. The topological polar surface area (TPSA) is 91.4 Å². The molecule has 0 bridgehead atoms. The fraction of sp³-hybridized carbons (Fsp3) is 0.273. The van der Waals surface area contributed by atoms with Gasteiger partial charge in [0.25, 0.3) is 5.91 Å². The average molecular weight is 459 g/mol. The van der Waals surface area contributed by atoms with Gasteiger partial charge in [0.1, 0.15) is 11.8 Å². The number of rotatable bonds is 9. The smallest absolute Gasteiger partial charge is 0.326 e. The van der Waals surface area contributed by atoms with E-state index in [2.05, 4.69) is 33.2 Å². The number of carboxylic acids is 1. The molecule has 0 aliphatic carbocycles. The number of amides is 1. The van der Waals surface area contributed by atoms with Crippen LogP contribution in [0.4, 0.5) is 0 Å². The largest absolute Gasteiger partial charge is 0.483 e. The molecular formula is C22H23BrN2O4. The zero-order valence-corrected chi connectivity index (χ0v) is 17.7. The Hall–Kier alpha value is -2.80. The van der Waals surface area contributed by atoms with Crippen molar-refractivity contribution in [1.82, 2.24) is 10.3 Å². The number of hydrogen-bond acceptors (Lipinski definition) is 3. The number of nitrogens with one attached hydrogen (secondary N) is 2. The highest BCUT2D eigenvalue weighted by Crippen LogP contribution is 2.26. The molecule has 1 atom stereocenters. The SMILES string of the molecule is CCCc1ccc(OCC(=O)NC(Cc2c[nH]c3ccccc23)C(=O)O)c(Br)c1. The second-order valence-corrected chi connectivity index (χ2v) is 7.68. The van der Waals surface area contributed by atoms with E-state index in [1.807, 2.05) is 42.5 Å². The van der Waals surface area contributed by atoms with Gasteiger partial charge in [0.2, 0.25) is 0 Å². The van der Waals surface area contributed by atoms with E-state index in [0.717, 1.165) is 33.8 Å². The quantitative estimate of drug-likeness (QED) is 0.450. The summed E-state index contributed by atoms with van der Waals surface area (Å²) in [5, 5.41) is 13.0. The van der Waals surface area contributed by atoms with Crippen LogP contribution in [-0.2, 0) is 22.4 Å². The lowest BCUT2D eigenvalue weighted by Crippen LogP contribution is -2.44. The lowest BCUT2D eigenvalue weighted by molar-refractivity contribution is -0.142. The molecule has 29 heavy (non-hydrogen) atoms. The van der Waals surface area contributed by atoms with E-state index in [0.29, 0.717) is 5.75 Å². The number of halogens is 1. The third kappa shape index (κ3) is 5.38. The molecule has 0 aliphatic heterocycles. The summed E-state index contributed by atoms with van der Waals surface area (Å²) >= 11 is 3.45. The maximum absolute atomic E-state index is 12.3. The summed E-state index contributed by atoms with van der Waals surface area (Å²) in [5.41, 5.74) is 2.95. The molecule has 0 fully saturated rings. The Morgan fingerprint density at radius 3 is 2.76 bits per heavy atom. The van der Waals surface area contributed by atoms with Crippen molar-refractivity contribution in [2.24, 2.45) is 0 Å². The fourth-order valence-electron chi connectivity index (χ4n) is 3.21. The molecule has 0 saturated heterocycles. The van der Waals surface area contributed by atoms with Crippen LogP contribution in [0.2, 0.25) is 0 Å². The number of aromatic nitrogens is 1. The molecule has 1 unspecified atom stereocenters. The summed E-state index contributed by atoms with van der Waals surface area (Å²) < 4.78 is 6.33. The second kappa shape index (κ2) is 9.60. The molecule has 6 nitrogen and oxygen atoms in total. The van der Waals surface area contributed by atoms with Gasteiger partial charge in [-0.05, 0) is 51.7 Å². The fourth-order valence-corrected chi connectivity index (χ4v) is 3.75. The number of aliphatic carboxylic acids is 1. The van der Waals surface area contributed by atoms with Crippen LogP contribution >= 0.6 is 15.9 Å². The van der Waals surface area contributed by atoms with Crippen LogP contribution in [0.5, 0.6) is 5.75 Å². The van der Waals surface area contributed by atoms with Crippen LogP contribution in [0, 0.1) is 0 Å². The van der Waals surface area contributed by atoms with Crippen LogP contribution in [0.15, 0.2) is 53.1 Å². The number of carbonyl (C=O) groups is 2. The molecule has 7 heteroatoms. The Labute approximate surface area is 177 Å². The number of aryl methyl sites for hydroxylation is 1. The zero-order valence-electron chi connectivity index (χ0n) is 16.1. The summed E-state index contributed by atoms with van der Waals surface area (Å²) in [7, 11) is 0. The first kappa shape index (κ1) is 20.9. The summed E-state index contributed by atoms with van der Waals surface area (Å²) in [6.07, 6.45) is 3.97. The molecule has 0 spiro atoms. The van der Waals surface area contributed by atoms with E-state index in [9.17, 15) is 14.7 Å². The highest BCUT2D eigenvalue weighted by Gasteiger charge is 2.22. The van der Waals surface area contributed by atoms with Crippen LogP contribution in [0.3, 0.4) is 0 Å². The number of hydrogen-bond donors (Lipinski definition) is 3. The number of aromatic amines is 1.